The average molecular weight is 402 g/mol. The van der Waals surface area contributed by atoms with Gasteiger partial charge >= 0.3 is 0 Å². The van der Waals surface area contributed by atoms with Gasteiger partial charge in [-0.05, 0) is 56.0 Å². The van der Waals surface area contributed by atoms with Crippen LogP contribution in [0.15, 0.2) is 48.8 Å². The first-order valence-electron chi connectivity index (χ1n) is 11.0. The zero-order chi connectivity index (χ0) is 20.1. The molecule has 2 bridgehead atoms. The largest absolute Gasteiger partial charge is 0.492 e. The Balaban J connectivity index is 1.31. The molecule has 2 fully saturated rings. The van der Waals surface area contributed by atoms with Crippen LogP contribution >= 0.6 is 0 Å². The number of aromatic nitrogens is 3. The topological polar surface area (TPSA) is 55.2 Å². The summed E-state index contributed by atoms with van der Waals surface area (Å²) in [5.74, 6) is 1.98. The monoisotopic (exact) mass is 401 g/mol. The number of ether oxygens (including phenoxy) is 1. The highest BCUT2D eigenvalue weighted by atomic mass is 16.5. The minimum absolute atomic E-state index is 0.570. The van der Waals surface area contributed by atoms with Gasteiger partial charge in [0, 0.05) is 61.2 Å². The van der Waals surface area contributed by atoms with Gasteiger partial charge in [0.15, 0.2) is 0 Å². The lowest BCUT2D eigenvalue weighted by Crippen LogP contribution is -2.47. The number of anilines is 1. The Bertz CT molecular complexity index is 1050. The zero-order valence-corrected chi connectivity index (χ0v) is 17.3. The number of hydrogen-bond acceptors (Lipinski definition) is 5. The van der Waals surface area contributed by atoms with Crippen molar-refractivity contribution in [3.8, 4) is 22.6 Å². The van der Waals surface area contributed by atoms with E-state index in [2.05, 4.69) is 52.7 Å². The summed E-state index contributed by atoms with van der Waals surface area (Å²) in [7, 11) is 2.21. The highest BCUT2D eigenvalue weighted by Crippen LogP contribution is 2.38. The molecular weight excluding hydrogens is 374 g/mol. The highest BCUT2D eigenvalue weighted by Gasteiger charge is 2.35. The van der Waals surface area contributed by atoms with Crippen molar-refractivity contribution in [1.29, 1.82) is 0 Å². The van der Waals surface area contributed by atoms with Crippen LogP contribution in [0, 0.1) is 0 Å². The summed E-state index contributed by atoms with van der Waals surface area (Å²) in [6.07, 6.45) is 9.63. The summed E-state index contributed by atoms with van der Waals surface area (Å²) in [5.41, 5.74) is 4.42. The Morgan fingerprint density at radius 1 is 1.10 bits per heavy atom. The first-order valence-corrected chi connectivity index (χ1v) is 11.0. The maximum Gasteiger partial charge on any atom is 0.129 e. The van der Waals surface area contributed by atoms with Crippen LogP contribution in [-0.4, -0.2) is 46.5 Å². The van der Waals surface area contributed by atoms with Gasteiger partial charge in [-0.3, -0.25) is 0 Å². The third-order valence-electron chi connectivity index (χ3n) is 6.94. The Labute approximate surface area is 176 Å². The van der Waals surface area contributed by atoms with Gasteiger partial charge in [0.05, 0.1) is 18.0 Å². The predicted molar refractivity (Wildman–Crippen MR) is 117 cm³/mol. The maximum absolute atomic E-state index is 6.12. The van der Waals surface area contributed by atoms with Crippen molar-refractivity contribution in [2.24, 2.45) is 0 Å². The van der Waals surface area contributed by atoms with E-state index in [4.69, 9.17) is 9.72 Å². The fourth-order valence-electron chi connectivity index (χ4n) is 5.33. The van der Waals surface area contributed by atoms with Gasteiger partial charge in [-0.2, -0.15) is 5.10 Å². The summed E-state index contributed by atoms with van der Waals surface area (Å²) in [4.78, 5) is 7.50. The highest BCUT2D eigenvalue weighted by molar-refractivity contribution is 5.75. The summed E-state index contributed by atoms with van der Waals surface area (Å²) in [6.45, 7) is 0.639. The van der Waals surface area contributed by atoms with Gasteiger partial charge in [0.25, 0.3) is 0 Å². The van der Waals surface area contributed by atoms with Gasteiger partial charge in [-0.1, -0.05) is 0 Å². The first-order chi connectivity index (χ1) is 14.7. The van der Waals surface area contributed by atoms with E-state index in [1.54, 1.807) is 6.20 Å². The standard InChI is InChI=1S/C24H27N5O/c1-28(19-13-16-3-4-17(14-19)26-16)24-8-7-20-21-6-5-18(29-11-2-10-25-29)15-23(21)30-12-9-22(20)27-24/h2,5-8,10-11,15-17,19,26H,3-4,9,12-14H2,1H3/t16-,17+,19?. The molecule has 2 aromatic heterocycles. The van der Waals surface area contributed by atoms with Gasteiger partial charge in [0.1, 0.15) is 11.6 Å². The van der Waals surface area contributed by atoms with E-state index in [0.717, 1.165) is 34.9 Å². The Kier molecular flexibility index (Phi) is 4.27. The van der Waals surface area contributed by atoms with Crippen LogP contribution in [0.3, 0.4) is 0 Å². The van der Waals surface area contributed by atoms with E-state index >= 15 is 0 Å². The Hall–Kier alpha value is -2.86. The number of fused-ring (bicyclic) bond motifs is 5. The molecule has 6 rings (SSSR count). The molecule has 0 amide bonds. The van der Waals surface area contributed by atoms with E-state index in [1.165, 1.54) is 31.2 Å². The first kappa shape index (κ1) is 18.0. The van der Waals surface area contributed by atoms with Crippen LogP contribution in [0.4, 0.5) is 5.82 Å². The van der Waals surface area contributed by atoms with Crippen LogP contribution in [0.25, 0.3) is 16.8 Å². The SMILES string of the molecule is CN(c1ccc2c(n1)CCOc1cc(-n3cccn3)ccc1-2)C1C[C@H]2CC[C@@H](C1)N2. The minimum atomic E-state index is 0.570. The van der Waals surface area contributed by atoms with Gasteiger partial charge in [0.2, 0.25) is 0 Å². The van der Waals surface area contributed by atoms with E-state index in [9.17, 15) is 0 Å². The molecule has 0 spiro atoms. The molecule has 6 heteroatoms. The van der Waals surface area contributed by atoms with Crippen molar-refractivity contribution >= 4 is 5.82 Å². The van der Waals surface area contributed by atoms with Crippen molar-refractivity contribution in [1.82, 2.24) is 20.1 Å². The number of pyridine rings is 1. The average Bonchev–Trinajstić information content (AvgIpc) is 3.38. The molecule has 3 aliphatic heterocycles. The van der Waals surface area contributed by atoms with Gasteiger partial charge < -0.3 is 15.0 Å². The van der Waals surface area contributed by atoms with Crippen LogP contribution in [0.1, 0.15) is 31.4 Å². The second-order valence-electron chi connectivity index (χ2n) is 8.77. The quantitative estimate of drug-likeness (QED) is 0.727. The third-order valence-corrected chi connectivity index (χ3v) is 6.94. The molecule has 3 atom stereocenters. The number of hydrogen-bond donors (Lipinski definition) is 1. The molecule has 2 saturated heterocycles. The van der Waals surface area contributed by atoms with Crippen LogP contribution < -0.4 is 15.0 Å². The molecule has 3 aromatic rings. The molecule has 0 saturated carbocycles. The molecular formula is C24H27N5O. The Morgan fingerprint density at radius 3 is 2.73 bits per heavy atom. The smallest absolute Gasteiger partial charge is 0.129 e. The molecule has 1 unspecified atom stereocenters. The fourth-order valence-corrected chi connectivity index (χ4v) is 5.33. The summed E-state index contributed by atoms with van der Waals surface area (Å²) in [5, 5.41) is 8.07. The summed E-state index contributed by atoms with van der Waals surface area (Å²) >= 11 is 0. The van der Waals surface area contributed by atoms with Crippen LogP contribution in [-0.2, 0) is 6.42 Å². The molecule has 3 aliphatic rings. The van der Waals surface area contributed by atoms with Crippen LogP contribution in [0.2, 0.25) is 0 Å². The lowest BCUT2D eigenvalue weighted by Gasteiger charge is -2.36. The molecule has 5 heterocycles. The summed E-state index contributed by atoms with van der Waals surface area (Å²) < 4.78 is 7.98. The lowest BCUT2D eigenvalue weighted by molar-refractivity contribution is 0.325. The van der Waals surface area contributed by atoms with Crippen molar-refractivity contribution in [2.75, 3.05) is 18.6 Å². The zero-order valence-electron chi connectivity index (χ0n) is 17.3. The van der Waals surface area contributed by atoms with Crippen molar-refractivity contribution in [3.05, 3.63) is 54.5 Å². The number of benzene rings is 1. The maximum atomic E-state index is 6.12. The lowest BCUT2D eigenvalue weighted by atomic mass is 9.98. The Morgan fingerprint density at radius 2 is 1.93 bits per heavy atom. The van der Waals surface area contributed by atoms with E-state index in [0.29, 0.717) is 24.7 Å². The van der Waals surface area contributed by atoms with Crippen molar-refractivity contribution in [3.63, 3.8) is 0 Å². The molecule has 1 N–H and O–H groups in total. The van der Waals surface area contributed by atoms with E-state index in [1.807, 2.05) is 16.9 Å². The second-order valence-corrected chi connectivity index (χ2v) is 8.77. The number of rotatable bonds is 3. The van der Waals surface area contributed by atoms with Gasteiger partial charge in [-0.15, -0.1) is 0 Å². The van der Waals surface area contributed by atoms with Crippen molar-refractivity contribution in [2.45, 2.75) is 50.2 Å². The van der Waals surface area contributed by atoms with E-state index < -0.39 is 0 Å². The fraction of sp³-hybridized carbons (Fsp3) is 0.417. The molecule has 0 aliphatic carbocycles. The molecule has 30 heavy (non-hydrogen) atoms. The predicted octanol–water partition coefficient (Wildman–Crippen LogP) is 3.59. The van der Waals surface area contributed by atoms with E-state index in [-0.39, 0.29) is 0 Å². The molecule has 6 nitrogen and oxygen atoms in total. The number of nitrogens with zero attached hydrogens (tertiary/aromatic N) is 4. The second kappa shape index (κ2) is 7.13. The number of nitrogens with one attached hydrogen (secondary N) is 1. The minimum Gasteiger partial charge on any atom is -0.492 e. The number of piperidine rings is 1. The summed E-state index contributed by atoms with van der Waals surface area (Å²) in [6, 6.07) is 14.6. The van der Waals surface area contributed by atoms with Gasteiger partial charge in [-0.25, -0.2) is 9.67 Å². The third kappa shape index (κ3) is 3.06. The van der Waals surface area contributed by atoms with Crippen molar-refractivity contribution < 1.29 is 4.74 Å². The molecule has 154 valence electrons. The normalized spacial score (nSPS) is 24.5. The molecule has 1 aromatic carbocycles. The van der Waals surface area contributed by atoms with Crippen LogP contribution in [0.5, 0.6) is 5.75 Å². The molecule has 0 radical (unpaired) electrons.